The molecule has 158 valence electrons. The van der Waals surface area contributed by atoms with E-state index in [1.807, 2.05) is 24.6 Å². The Balaban J connectivity index is 1.29. The van der Waals surface area contributed by atoms with Gasteiger partial charge in [0.2, 0.25) is 0 Å². The molecule has 0 bridgehead atoms. The maximum absolute atomic E-state index is 13.0. The lowest BCUT2D eigenvalue weighted by molar-refractivity contribution is 0.316. The Morgan fingerprint density at radius 1 is 1.03 bits per heavy atom. The third-order valence-electron chi connectivity index (χ3n) is 6.28. The van der Waals surface area contributed by atoms with Gasteiger partial charge in [0.15, 0.2) is 10.7 Å². The predicted octanol–water partition coefficient (Wildman–Crippen LogP) is 3.85. The molecule has 0 atom stereocenters. The summed E-state index contributed by atoms with van der Waals surface area (Å²) < 4.78 is 29.3. The second-order valence-corrected chi connectivity index (χ2v) is 10.6. The summed E-state index contributed by atoms with van der Waals surface area (Å²) in [6.07, 6.45) is 9.20. The fraction of sp³-hybridized carbons (Fsp3) is 0.500. The van der Waals surface area contributed by atoms with Crippen molar-refractivity contribution in [2.45, 2.75) is 62.4 Å². The summed E-state index contributed by atoms with van der Waals surface area (Å²) in [5.74, 6) is 0.929. The number of pyridine rings is 2. The van der Waals surface area contributed by atoms with Crippen molar-refractivity contribution in [3.8, 4) is 0 Å². The molecule has 1 saturated heterocycles. The van der Waals surface area contributed by atoms with Gasteiger partial charge >= 0.3 is 0 Å². The van der Waals surface area contributed by atoms with Gasteiger partial charge in [0.25, 0.3) is 10.0 Å². The third-order valence-corrected chi connectivity index (χ3v) is 8.07. The highest BCUT2D eigenvalue weighted by Gasteiger charge is 2.32. The van der Waals surface area contributed by atoms with Crippen molar-refractivity contribution in [2.75, 3.05) is 13.1 Å². The van der Waals surface area contributed by atoms with Crippen LogP contribution in [0.3, 0.4) is 0 Å². The van der Waals surface area contributed by atoms with Gasteiger partial charge in [0, 0.05) is 48.5 Å². The lowest BCUT2D eigenvalue weighted by atomic mass is 9.94. The quantitative estimate of drug-likeness (QED) is 0.620. The molecular formula is C22H27N5O2S. The summed E-state index contributed by atoms with van der Waals surface area (Å²) in [6, 6.07) is 6.58. The van der Waals surface area contributed by atoms with E-state index in [0.29, 0.717) is 19.0 Å². The molecule has 1 aliphatic heterocycles. The smallest absolute Gasteiger partial charge is 0.262 e. The molecule has 0 aromatic carbocycles. The Hall–Kier alpha value is -2.32. The van der Waals surface area contributed by atoms with Gasteiger partial charge in [0.1, 0.15) is 0 Å². The first-order valence-electron chi connectivity index (χ1n) is 10.7. The van der Waals surface area contributed by atoms with Gasteiger partial charge in [-0.3, -0.25) is 0 Å². The van der Waals surface area contributed by atoms with E-state index >= 15 is 0 Å². The molecule has 2 fully saturated rings. The van der Waals surface area contributed by atoms with E-state index in [2.05, 4.69) is 28.2 Å². The molecular weight excluding hydrogens is 398 g/mol. The van der Waals surface area contributed by atoms with Gasteiger partial charge in [-0.15, -0.1) is 0 Å². The van der Waals surface area contributed by atoms with E-state index in [-0.39, 0.29) is 17.0 Å². The molecule has 7 nitrogen and oxygen atoms in total. The second kappa shape index (κ2) is 7.42. The number of aromatic nitrogens is 4. The van der Waals surface area contributed by atoms with Crippen LogP contribution in [0.25, 0.3) is 11.0 Å². The fourth-order valence-electron chi connectivity index (χ4n) is 4.17. The van der Waals surface area contributed by atoms with Gasteiger partial charge in [-0.2, -0.15) is 4.31 Å². The van der Waals surface area contributed by atoms with E-state index in [1.54, 1.807) is 16.8 Å². The average Bonchev–Trinajstić information content (AvgIpc) is 3.48. The van der Waals surface area contributed by atoms with Crippen molar-refractivity contribution >= 4 is 21.1 Å². The number of imidazole rings is 1. The number of nitrogens with zero attached hydrogens (tertiary/aromatic N) is 5. The minimum Gasteiger partial charge on any atom is -0.334 e. The standard InChI is InChI=1S/C22H27N5O2S/c1-15(2)26-13-21(24-14-26)30(28,29)27-9-7-17(8-10-27)20-6-5-18-11-19(16-3-4-16)12-23-22(18)25-20/h5-6,11-17H,3-4,7-10H2,1-2H3. The maximum atomic E-state index is 13.0. The summed E-state index contributed by atoms with van der Waals surface area (Å²) in [7, 11) is -3.55. The van der Waals surface area contributed by atoms with Crippen LogP contribution in [0.1, 0.15) is 68.7 Å². The number of piperidine rings is 1. The SMILES string of the molecule is CC(C)n1cnc(S(=O)(=O)N2CCC(c3ccc4cc(C5CC5)cnc4n3)CC2)c1. The van der Waals surface area contributed by atoms with Crippen LogP contribution in [0.2, 0.25) is 0 Å². The summed E-state index contributed by atoms with van der Waals surface area (Å²) in [5, 5.41) is 1.22. The highest BCUT2D eigenvalue weighted by atomic mass is 32.2. The van der Waals surface area contributed by atoms with Crippen LogP contribution in [0.5, 0.6) is 0 Å². The molecule has 0 N–H and O–H groups in total. The molecule has 8 heteroatoms. The molecule has 5 rings (SSSR count). The molecule has 2 aliphatic rings. The van der Waals surface area contributed by atoms with Crippen LogP contribution >= 0.6 is 0 Å². The van der Waals surface area contributed by atoms with E-state index in [1.165, 1.54) is 18.4 Å². The molecule has 0 unspecified atom stereocenters. The Kier molecular flexibility index (Phi) is 4.86. The molecule has 1 saturated carbocycles. The summed E-state index contributed by atoms with van der Waals surface area (Å²) in [6.45, 7) is 4.97. The largest absolute Gasteiger partial charge is 0.334 e. The minimum absolute atomic E-state index is 0.133. The van der Waals surface area contributed by atoms with Gasteiger partial charge in [-0.05, 0) is 69.2 Å². The second-order valence-electron chi connectivity index (χ2n) is 8.76. The van der Waals surface area contributed by atoms with Crippen molar-refractivity contribution in [1.82, 2.24) is 23.8 Å². The van der Waals surface area contributed by atoms with Crippen LogP contribution in [0.4, 0.5) is 0 Å². The Morgan fingerprint density at radius 3 is 2.47 bits per heavy atom. The number of fused-ring (bicyclic) bond motifs is 1. The van der Waals surface area contributed by atoms with Gasteiger partial charge < -0.3 is 4.57 Å². The molecule has 1 aliphatic carbocycles. The molecule has 0 radical (unpaired) electrons. The highest BCUT2D eigenvalue weighted by molar-refractivity contribution is 7.89. The molecule has 3 aromatic heterocycles. The lowest BCUT2D eigenvalue weighted by Gasteiger charge is -2.30. The van der Waals surface area contributed by atoms with Crippen molar-refractivity contribution in [3.05, 3.63) is 48.2 Å². The van der Waals surface area contributed by atoms with Crippen molar-refractivity contribution < 1.29 is 8.42 Å². The predicted molar refractivity (Wildman–Crippen MR) is 115 cm³/mol. The fourth-order valence-corrected chi connectivity index (χ4v) is 5.56. The molecule has 30 heavy (non-hydrogen) atoms. The normalized spacial score (nSPS) is 19.0. The first-order valence-corrected chi connectivity index (χ1v) is 12.2. The van der Waals surface area contributed by atoms with Crippen molar-refractivity contribution in [2.24, 2.45) is 0 Å². The van der Waals surface area contributed by atoms with Crippen LogP contribution in [-0.4, -0.2) is 45.3 Å². The maximum Gasteiger partial charge on any atom is 0.262 e. The third kappa shape index (κ3) is 3.63. The molecule has 3 aromatic rings. The minimum atomic E-state index is -3.55. The van der Waals surface area contributed by atoms with Crippen LogP contribution in [0, 0.1) is 0 Å². The van der Waals surface area contributed by atoms with Crippen LogP contribution < -0.4 is 0 Å². The molecule has 0 spiro atoms. The van der Waals surface area contributed by atoms with Crippen LogP contribution in [-0.2, 0) is 10.0 Å². The van der Waals surface area contributed by atoms with E-state index < -0.39 is 10.0 Å². The zero-order chi connectivity index (χ0) is 20.9. The Labute approximate surface area is 177 Å². The van der Waals surface area contributed by atoms with E-state index in [4.69, 9.17) is 4.98 Å². The van der Waals surface area contributed by atoms with E-state index in [9.17, 15) is 8.42 Å². The number of rotatable bonds is 5. The number of hydrogen-bond donors (Lipinski definition) is 0. The highest BCUT2D eigenvalue weighted by Crippen LogP contribution is 2.40. The molecule has 4 heterocycles. The summed E-state index contributed by atoms with van der Waals surface area (Å²) in [4.78, 5) is 13.5. The van der Waals surface area contributed by atoms with Crippen LogP contribution in [0.15, 0.2) is 41.9 Å². The van der Waals surface area contributed by atoms with Gasteiger partial charge in [-0.25, -0.2) is 23.4 Å². The Morgan fingerprint density at radius 2 is 1.80 bits per heavy atom. The van der Waals surface area contributed by atoms with Crippen molar-refractivity contribution in [3.63, 3.8) is 0 Å². The summed E-state index contributed by atoms with van der Waals surface area (Å²) in [5.41, 5.74) is 3.11. The lowest BCUT2D eigenvalue weighted by Crippen LogP contribution is -2.38. The van der Waals surface area contributed by atoms with Gasteiger partial charge in [-0.1, -0.05) is 0 Å². The topological polar surface area (TPSA) is 81.0 Å². The Bertz CT molecular complexity index is 1180. The van der Waals surface area contributed by atoms with Gasteiger partial charge in [0.05, 0.1) is 6.33 Å². The monoisotopic (exact) mass is 425 g/mol. The molecule has 0 amide bonds. The first kappa shape index (κ1) is 19.6. The summed E-state index contributed by atoms with van der Waals surface area (Å²) >= 11 is 0. The number of sulfonamides is 1. The van der Waals surface area contributed by atoms with Crippen molar-refractivity contribution in [1.29, 1.82) is 0 Å². The zero-order valence-electron chi connectivity index (χ0n) is 17.4. The zero-order valence-corrected chi connectivity index (χ0v) is 18.2. The van der Waals surface area contributed by atoms with E-state index in [0.717, 1.165) is 29.6 Å². The average molecular weight is 426 g/mol. The number of hydrogen-bond acceptors (Lipinski definition) is 5. The first-order chi connectivity index (χ1) is 14.4.